The molecule has 2 aliphatic rings. The van der Waals surface area contributed by atoms with Gasteiger partial charge < -0.3 is 14.8 Å². The number of aliphatic hydroxyl groups excluding tert-OH is 1. The lowest BCUT2D eigenvalue weighted by molar-refractivity contribution is -0.0254. The van der Waals surface area contributed by atoms with Crippen molar-refractivity contribution in [3.63, 3.8) is 0 Å². The van der Waals surface area contributed by atoms with Gasteiger partial charge >= 0.3 is 5.69 Å². The van der Waals surface area contributed by atoms with Crippen LogP contribution in [0, 0.1) is 6.92 Å². The van der Waals surface area contributed by atoms with Crippen LogP contribution in [0.5, 0.6) is 0 Å². The Morgan fingerprint density at radius 3 is 2.62 bits per heavy atom. The van der Waals surface area contributed by atoms with E-state index in [0.29, 0.717) is 17.8 Å². The molecule has 1 aromatic heterocycles. The quantitative estimate of drug-likeness (QED) is 0.653. The number of H-pyrrole nitrogens is 2. The summed E-state index contributed by atoms with van der Waals surface area (Å²) in [6.45, 7) is 5.27. The molecule has 0 unspecified atom stereocenters. The first-order chi connectivity index (χ1) is 11.5. The molecule has 1 aliphatic carbocycles. The van der Waals surface area contributed by atoms with Gasteiger partial charge in [0.05, 0.1) is 24.9 Å². The van der Waals surface area contributed by atoms with Crippen LogP contribution in [0.15, 0.2) is 9.59 Å². The van der Waals surface area contributed by atoms with E-state index in [1.54, 1.807) is 6.92 Å². The van der Waals surface area contributed by atoms with Crippen LogP contribution in [0.3, 0.4) is 0 Å². The Balaban J connectivity index is 1.68. The highest BCUT2D eigenvalue weighted by atomic mass is 16.5. The van der Waals surface area contributed by atoms with E-state index in [9.17, 15) is 14.7 Å². The third-order valence-electron chi connectivity index (χ3n) is 5.29. The standard InChI is InChI=1S/C16H26N4O4/c1-10-11(15(22)18-16(23)17-10)9-19(2)12-3-4-13(14(12)21)20-5-7-24-8-6-20/h12-14,21H,3-9H2,1-2H3,(H2,17,18,22,23)/t12-,13-,14-/m1/s1. The second kappa shape index (κ2) is 7.18. The summed E-state index contributed by atoms with van der Waals surface area (Å²) in [5.41, 5.74) is 0.268. The van der Waals surface area contributed by atoms with Crippen LogP contribution < -0.4 is 11.2 Å². The Morgan fingerprint density at radius 1 is 1.25 bits per heavy atom. The molecule has 3 rings (SSSR count). The molecule has 3 atom stereocenters. The molecular weight excluding hydrogens is 312 g/mol. The van der Waals surface area contributed by atoms with Crippen molar-refractivity contribution >= 4 is 0 Å². The second-order valence-electron chi connectivity index (χ2n) is 6.78. The molecule has 1 saturated carbocycles. The molecule has 2 fully saturated rings. The fourth-order valence-corrected chi connectivity index (χ4v) is 3.91. The van der Waals surface area contributed by atoms with Crippen LogP contribution >= 0.6 is 0 Å². The van der Waals surface area contributed by atoms with Gasteiger partial charge in [0.1, 0.15) is 0 Å². The molecule has 0 bridgehead atoms. The predicted octanol–water partition coefficient (Wildman–Crippen LogP) is -0.972. The Morgan fingerprint density at radius 2 is 1.96 bits per heavy atom. The molecule has 134 valence electrons. The summed E-state index contributed by atoms with van der Waals surface area (Å²) in [7, 11) is 1.92. The number of aromatic amines is 2. The predicted molar refractivity (Wildman–Crippen MR) is 89.1 cm³/mol. The van der Waals surface area contributed by atoms with Gasteiger partial charge in [-0.15, -0.1) is 0 Å². The van der Waals surface area contributed by atoms with Crippen molar-refractivity contribution in [2.75, 3.05) is 33.4 Å². The van der Waals surface area contributed by atoms with E-state index in [4.69, 9.17) is 4.74 Å². The summed E-state index contributed by atoms with van der Waals surface area (Å²) in [5.74, 6) is 0. The van der Waals surface area contributed by atoms with Crippen molar-refractivity contribution in [2.45, 2.75) is 44.5 Å². The normalized spacial score (nSPS) is 28.6. The van der Waals surface area contributed by atoms with E-state index in [-0.39, 0.29) is 17.6 Å². The average Bonchev–Trinajstić information content (AvgIpc) is 2.93. The fraction of sp³-hybridized carbons (Fsp3) is 0.750. The lowest BCUT2D eigenvalue weighted by Crippen LogP contribution is -2.51. The summed E-state index contributed by atoms with van der Waals surface area (Å²) < 4.78 is 5.38. The molecule has 0 amide bonds. The van der Waals surface area contributed by atoms with Crippen molar-refractivity contribution in [3.05, 3.63) is 32.1 Å². The first kappa shape index (κ1) is 17.3. The third-order valence-corrected chi connectivity index (χ3v) is 5.29. The number of aliphatic hydroxyl groups is 1. The van der Waals surface area contributed by atoms with Crippen molar-refractivity contribution in [1.29, 1.82) is 0 Å². The number of rotatable bonds is 4. The number of morpholine rings is 1. The molecule has 1 saturated heterocycles. The molecular formula is C16H26N4O4. The molecule has 1 aliphatic heterocycles. The summed E-state index contributed by atoms with van der Waals surface area (Å²) in [6.07, 6.45) is 1.38. The van der Waals surface area contributed by atoms with E-state index in [1.807, 2.05) is 11.9 Å². The SMILES string of the molecule is Cc1[nH]c(=O)[nH]c(=O)c1CN(C)[C@@H]1CC[C@@H](N2CCOCC2)[C@@H]1O. The largest absolute Gasteiger partial charge is 0.390 e. The topological polar surface area (TPSA) is 102 Å². The van der Waals surface area contributed by atoms with Crippen LogP contribution in [0.2, 0.25) is 0 Å². The minimum absolute atomic E-state index is 0.00331. The lowest BCUT2D eigenvalue weighted by atomic mass is 10.1. The second-order valence-corrected chi connectivity index (χ2v) is 6.78. The number of nitrogens with one attached hydrogen (secondary N) is 2. The Kier molecular flexibility index (Phi) is 5.19. The number of aromatic nitrogens is 2. The molecule has 2 heterocycles. The molecule has 3 N–H and O–H groups in total. The number of aryl methyl sites for hydroxylation is 1. The third kappa shape index (κ3) is 3.46. The molecule has 0 radical (unpaired) electrons. The van der Waals surface area contributed by atoms with Gasteiger partial charge in [-0.05, 0) is 26.8 Å². The van der Waals surface area contributed by atoms with E-state index >= 15 is 0 Å². The van der Waals surface area contributed by atoms with Crippen molar-refractivity contribution in [3.8, 4) is 0 Å². The van der Waals surface area contributed by atoms with Crippen LogP contribution in [-0.2, 0) is 11.3 Å². The monoisotopic (exact) mass is 338 g/mol. The number of hydrogen-bond acceptors (Lipinski definition) is 6. The zero-order valence-electron chi connectivity index (χ0n) is 14.2. The van der Waals surface area contributed by atoms with Gasteiger partial charge in [0.2, 0.25) is 0 Å². The van der Waals surface area contributed by atoms with Crippen LogP contribution in [0.25, 0.3) is 0 Å². The maximum absolute atomic E-state index is 12.0. The fourth-order valence-electron chi connectivity index (χ4n) is 3.91. The summed E-state index contributed by atoms with van der Waals surface area (Å²) in [6, 6.07) is 0.153. The highest BCUT2D eigenvalue weighted by Crippen LogP contribution is 2.29. The van der Waals surface area contributed by atoms with Gasteiger partial charge in [-0.3, -0.25) is 19.6 Å². The zero-order chi connectivity index (χ0) is 17.3. The van der Waals surface area contributed by atoms with Crippen molar-refractivity contribution in [2.24, 2.45) is 0 Å². The first-order valence-corrected chi connectivity index (χ1v) is 8.49. The van der Waals surface area contributed by atoms with Gasteiger partial charge in [0.25, 0.3) is 5.56 Å². The highest BCUT2D eigenvalue weighted by Gasteiger charge is 2.40. The number of hydrogen-bond donors (Lipinski definition) is 3. The summed E-state index contributed by atoms with van der Waals surface area (Å²) in [5, 5.41) is 10.8. The van der Waals surface area contributed by atoms with E-state index in [1.165, 1.54) is 0 Å². The molecule has 24 heavy (non-hydrogen) atoms. The average molecular weight is 338 g/mol. The van der Waals surface area contributed by atoms with Gasteiger partial charge in [-0.25, -0.2) is 4.79 Å². The molecule has 0 spiro atoms. The van der Waals surface area contributed by atoms with Gasteiger partial charge in [-0.1, -0.05) is 0 Å². The molecule has 8 nitrogen and oxygen atoms in total. The Labute approximate surface area is 140 Å². The maximum Gasteiger partial charge on any atom is 0.325 e. The van der Waals surface area contributed by atoms with Gasteiger partial charge in [0, 0.05) is 37.4 Å². The molecule has 0 aromatic carbocycles. The number of ether oxygens (including phenoxy) is 1. The van der Waals surface area contributed by atoms with Gasteiger partial charge in [-0.2, -0.15) is 0 Å². The van der Waals surface area contributed by atoms with E-state index in [2.05, 4.69) is 14.9 Å². The van der Waals surface area contributed by atoms with E-state index in [0.717, 1.165) is 39.1 Å². The van der Waals surface area contributed by atoms with Crippen molar-refractivity contribution < 1.29 is 9.84 Å². The summed E-state index contributed by atoms with van der Waals surface area (Å²) in [4.78, 5) is 32.5. The highest BCUT2D eigenvalue weighted by molar-refractivity contribution is 5.14. The Bertz CT molecular complexity index is 679. The van der Waals surface area contributed by atoms with Gasteiger partial charge in [0.15, 0.2) is 0 Å². The smallest absolute Gasteiger partial charge is 0.325 e. The van der Waals surface area contributed by atoms with Crippen LogP contribution in [0.1, 0.15) is 24.1 Å². The van der Waals surface area contributed by atoms with Crippen LogP contribution in [-0.4, -0.2) is 76.4 Å². The minimum Gasteiger partial charge on any atom is -0.390 e. The van der Waals surface area contributed by atoms with E-state index < -0.39 is 11.8 Å². The van der Waals surface area contributed by atoms with Crippen molar-refractivity contribution in [1.82, 2.24) is 19.8 Å². The number of likely N-dealkylation sites (N-methyl/N-ethyl adjacent to an activating group) is 1. The summed E-state index contributed by atoms with van der Waals surface area (Å²) >= 11 is 0. The molecule has 1 aromatic rings. The Hall–Kier alpha value is -1.48. The van der Waals surface area contributed by atoms with Crippen LogP contribution in [0.4, 0.5) is 0 Å². The first-order valence-electron chi connectivity index (χ1n) is 8.49. The zero-order valence-corrected chi connectivity index (χ0v) is 14.2. The number of nitrogens with zero attached hydrogens (tertiary/aromatic N) is 2. The minimum atomic E-state index is -0.489. The lowest BCUT2D eigenvalue weighted by Gasteiger charge is -2.36. The molecule has 8 heteroatoms. The maximum atomic E-state index is 12.0.